The van der Waals surface area contributed by atoms with Crippen molar-refractivity contribution >= 4 is 0 Å². The molecule has 0 saturated carbocycles. The highest BCUT2D eigenvalue weighted by Crippen LogP contribution is 2.07. The number of hydrogen-bond donors (Lipinski definition) is 0. The highest BCUT2D eigenvalue weighted by atomic mass is 15.2. The molecule has 81 valence electrons. The van der Waals surface area contributed by atoms with E-state index >= 15 is 0 Å². The zero-order valence-electron chi connectivity index (χ0n) is 9.45. The van der Waals surface area contributed by atoms with E-state index in [1.807, 2.05) is 12.1 Å². The molecule has 0 aliphatic carbocycles. The summed E-state index contributed by atoms with van der Waals surface area (Å²) in [5, 5.41) is 0. The van der Waals surface area contributed by atoms with E-state index in [9.17, 15) is 0 Å². The normalized spacial score (nSPS) is 20.1. The maximum atomic E-state index is 3.06. The van der Waals surface area contributed by atoms with E-state index in [0.29, 0.717) is 0 Å². The van der Waals surface area contributed by atoms with E-state index < -0.39 is 0 Å². The summed E-state index contributed by atoms with van der Waals surface area (Å²) in [6, 6.07) is 11.4. The van der Waals surface area contributed by atoms with Crippen molar-refractivity contribution < 1.29 is 0 Å². The molecule has 0 unspecified atom stereocenters. The molecule has 1 aromatic carbocycles. The number of hydrogen-bond acceptors (Lipinski definition) is 2. The highest BCUT2D eigenvalue weighted by molar-refractivity contribution is 5.13. The van der Waals surface area contributed by atoms with E-state index in [4.69, 9.17) is 0 Å². The maximum absolute atomic E-state index is 3.06. The predicted octanol–water partition coefficient (Wildman–Crippen LogP) is 1.62. The molecule has 1 fully saturated rings. The Kier molecular flexibility index (Phi) is 3.75. The lowest BCUT2D eigenvalue weighted by molar-refractivity contribution is 0.269. The number of rotatable bonds is 2. The van der Waals surface area contributed by atoms with Crippen molar-refractivity contribution in [2.75, 3.05) is 33.2 Å². The second-order valence-electron chi connectivity index (χ2n) is 4.34. The Balaban J connectivity index is 1.89. The van der Waals surface area contributed by atoms with Crippen LogP contribution in [0.3, 0.4) is 0 Å². The molecule has 0 N–H and O–H groups in total. The first kappa shape index (κ1) is 10.7. The highest BCUT2D eigenvalue weighted by Gasteiger charge is 2.11. The van der Waals surface area contributed by atoms with Crippen molar-refractivity contribution in [3.05, 3.63) is 35.9 Å². The number of benzene rings is 1. The Bertz CT molecular complexity index is 284. The molecule has 1 radical (unpaired) electrons. The molecule has 0 amide bonds. The Morgan fingerprint density at radius 1 is 1.13 bits per heavy atom. The smallest absolute Gasteiger partial charge is 0.0234 e. The van der Waals surface area contributed by atoms with Gasteiger partial charge in [-0.1, -0.05) is 24.3 Å². The first-order valence-corrected chi connectivity index (χ1v) is 5.70. The predicted molar refractivity (Wildman–Crippen MR) is 62.7 cm³/mol. The molecular formula is C13H19N2. The average molecular weight is 203 g/mol. The average Bonchev–Trinajstić information content (AvgIpc) is 2.46. The summed E-state index contributed by atoms with van der Waals surface area (Å²) in [4.78, 5) is 4.96. The molecule has 1 aliphatic heterocycles. The van der Waals surface area contributed by atoms with Gasteiger partial charge in [0, 0.05) is 19.6 Å². The van der Waals surface area contributed by atoms with E-state index in [0.717, 1.165) is 6.54 Å². The van der Waals surface area contributed by atoms with Gasteiger partial charge in [0.15, 0.2) is 0 Å². The van der Waals surface area contributed by atoms with Gasteiger partial charge in [-0.15, -0.1) is 0 Å². The third-order valence-electron chi connectivity index (χ3n) is 3.01. The van der Waals surface area contributed by atoms with Crippen molar-refractivity contribution in [2.45, 2.75) is 13.0 Å². The fourth-order valence-corrected chi connectivity index (χ4v) is 2.04. The Hall–Kier alpha value is -0.860. The Morgan fingerprint density at radius 3 is 2.73 bits per heavy atom. The van der Waals surface area contributed by atoms with Crippen LogP contribution in [0.25, 0.3) is 0 Å². The van der Waals surface area contributed by atoms with Crippen molar-refractivity contribution in [1.29, 1.82) is 0 Å². The molecule has 0 bridgehead atoms. The van der Waals surface area contributed by atoms with Crippen LogP contribution in [0, 0.1) is 6.07 Å². The summed E-state index contributed by atoms with van der Waals surface area (Å²) in [5.74, 6) is 0. The fraction of sp³-hybridized carbons (Fsp3) is 0.538. The van der Waals surface area contributed by atoms with Gasteiger partial charge in [-0.25, -0.2) is 0 Å². The van der Waals surface area contributed by atoms with E-state index in [2.05, 4.69) is 35.0 Å². The molecule has 15 heavy (non-hydrogen) atoms. The summed E-state index contributed by atoms with van der Waals surface area (Å²) in [6.45, 7) is 5.93. The second kappa shape index (κ2) is 5.29. The van der Waals surface area contributed by atoms with Gasteiger partial charge in [0.2, 0.25) is 0 Å². The minimum absolute atomic E-state index is 1.09. The van der Waals surface area contributed by atoms with Gasteiger partial charge in [0.1, 0.15) is 0 Å². The summed E-state index contributed by atoms with van der Waals surface area (Å²) < 4.78 is 0. The molecule has 0 spiro atoms. The Morgan fingerprint density at radius 2 is 1.93 bits per heavy atom. The molecule has 2 rings (SSSR count). The lowest BCUT2D eigenvalue weighted by atomic mass is 10.2. The molecule has 1 aliphatic rings. The van der Waals surface area contributed by atoms with Gasteiger partial charge >= 0.3 is 0 Å². The first-order chi connectivity index (χ1) is 7.34. The number of likely N-dealkylation sites (N-methyl/N-ethyl adjacent to an activating group) is 1. The van der Waals surface area contributed by atoms with Gasteiger partial charge in [-0.3, -0.25) is 4.90 Å². The van der Waals surface area contributed by atoms with Crippen LogP contribution in [0.4, 0.5) is 0 Å². The van der Waals surface area contributed by atoms with Crippen molar-refractivity contribution in [2.24, 2.45) is 0 Å². The largest absolute Gasteiger partial charge is 0.305 e. The van der Waals surface area contributed by atoms with Crippen LogP contribution in [0.5, 0.6) is 0 Å². The lowest BCUT2D eigenvalue weighted by Gasteiger charge is -2.19. The standard InChI is InChI=1S/C13H19N2/c1-14-8-5-9-15(11-10-14)12-13-6-3-2-4-7-13/h3-4,6-7H,5,8-12H2,1H3. The maximum Gasteiger partial charge on any atom is 0.0234 e. The SMILES string of the molecule is CN1CCCN(Cc2cc[c]cc2)CC1. The van der Waals surface area contributed by atoms with Gasteiger partial charge in [0.25, 0.3) is 0 Å². The molecular weight excluding hydrogens is 184 g/mol. The Labute approximate surface area is 92.5 Å². The van der Waals surface area contributed by atoms with Gasteiger partial charge in [0.05, 0.1) is 0 Å². The molecule has 0 atom stereocenters. The van der Waals surface area contributed by atoms with Crippen LogP contribution in [0.1, 0.15) is 12.0 Å². The van der Waals surface area contributed by atoms with Crippen LogP contribution in [-0.2, 0) is 6.54 Å². The third kappa shape index (κ3) is 3.33. The minimum atomic E-state index is 1.09. The quantitative estimate of drug-likeness (QED) is 0.721. The van der Waals surface area contributed by atoms with Crippen LogP contribution in [0.15, 0.2) is 24.3 Å². The summed E-state index contributed by atoms with van der Waals surface area (Å²) in [7, 11) is 2.21. The van der Waals surface area contributed by atoms with E-state index in [-0.39, 0.29) is 0 Å². The lowest BCUT2D eigenvalue weighted by Crippen LogP contribution is -2.28. The molecule has 0 aromatic heterocycles. The molecule has 1 saturated heterocycles. The monoisotopic (exact) mass is 203 g/mol. The molecule has 2 heteroatoms. The summed E-state index contributed by atoms with van der Waals surface area (Å²) >= 11 is 0. The molecule has 1 aromatic rings. The number of nitrogens with zero attached hydrogens (tertiary/aromatic N) is 2. The molecule has 2 nitrogen and oxygen atoms in total. The van der Waals surface area contributed by atoms with Crippen molar-refractivity contribution in [3.8, 4) is 0 Å². The second-order valence-corrected chi connectivity index (χ2v) is 4.34. The van der Waals surface area contributed by atoms with Crippen molar-refractivity contribution in [1.82, 2.24) is 9.80 Å². The molecule has 1 heterocycles. The minimum Gasteiger partial charge on any atom is -0.305 e. The summed E-state index contributed by atoms with van der Waals surface area (Å²) in [6.07, 6.45) is 1.29. The van der Waals surface area contributed by atoms with Crippen LogP contribution < -0.4 is 0 Å². The van der Waals surface area contributed by atoms with Crippen LogP contribution in [-0.4, -0.2) is 43.0 Å². The zero-order chi connectivity index (χ0) is 10.5. The zero-order valence-corrected chi connectivity index (χ0v) is 9.45. The van der Waals surface area contributed by atoms with E-state index in [1.165, 1.54) is 38.2 Å². The van der Waals surface area contributed by atoms with Gasteiger partial charge in [-0.2, -0.15) is 0 Å². The van der Waals surface area contributed by atoms with Gasteiger partial charge in [-0.05, 0) is 38.2 Å². The van der Waals surface area contributed by atoms with Crippen molar-refractivity contribution in [3.63, 3.8) is 0 Å². The first-order valence-electron chi connectivity index (χ1n) is 5.70. The topological polar surface area (TPSA) is 6.48 Å². The van der Waals surface area contributed by atoms with Crippen LogP contribution >= 0.6 is 0 Å². The van der Waals surface area contributed by atoms with Crippen LogP contribution in [0.2, 0.25) is 0 Å². The summed E-state index contributed by atoms with van der Waals surface area (Å²) in [5.41, 5.74) is 1.40. The fourth-order valence-electron chi connectivity index (χ4n) is 2.04. The van der Waals surface area contributed by atoms with E-state index in [1.54, 1.807) is 0 Å². The van der Waals surface area contributed by atoms with Gasteiger partial charge < -0.3 is 4.90 Å². The third-order valence-corrected chi connectivity index (χ3v) is 3.01.